The monoisotopic (exact) mass is 608 g/mol. The van der Waals surface area contributed by atoms with Crippen LogP contribution in [-0.2, 0) is 37.4 Å². The number of carbonyl (C=O) groups excluding carboxylic acids is 2. The summed E-state index contributed by atoms with van der Waals surface area (Å²) < 4.78 is 37.5. The second-order valence-corrected chi connectivity index (χ2v) is 12.4. The molecule has 0 bridgehead atoms. The van der Waals surface area contributed by atoms with Crippen LogP contribution >= 0.6 is 0 Å². The molecule has 0 aromatic heterocycles. The van der Waals surface area contributed by atoms with Crippen LogP contribution < -0.4 is 10.1 Å². The second kappa shape index (κ2) is 15.6. The standard InChI is InChI=1S/C32H40N4O6S/c1-41-29-15-13-27(14-16-29)24-36(30(37)25-35(43(2,39)40)23-26-9-5-3-6-10-26)31(28-11-7-4-8-12-28)32(38)33-17-18-34-19-21-42-22-20-34/h3-16,31H,17-25H2,1-2H3,(H,33,38)/t31-/m1/s1. The first kappa shape index (κ1) is 32.2. The van der Waals surface area contributed by atoms with Crippen molar-refractivity contribution in [3.63, 3.8) is 0 Å². The molecule has 0 radical (unpaired) electrons. The van der Waals surface area contributed by atoms with Crippen LogP contribution in [0.25, 0.3) is 0 Å². The molecule has 230 valence electrons. The fraction of sp³-hybridized carbons (Fsp3) is 0.375. The second-order valence-electron chi connectivity index (χ2n) is 10.4. The van der Waals surface area contributed by atoms with E-state index < -0.39 is 28.5 Å². The highest BCUT2D eigenvalue weighted by Crippen LogP contribution is 2.25. The fourth-order valence-electron chi connectivity index (χ4n) is 4.94. The summed E-state index contributed by atoms with van der Waals surface area (Å²) in [6, 6.07) is 24.4. The summed E-state index contributed by atoms with van der Waals surface area (Å²) in [6.45, 7) is 3.65. The molecule has 11 heteroatoms. The Hall–Kier alpha value is -3.77. The minimum absolute atomic E-state index is 0.0313. The number of ether oxygens (including phenoxy) is 2. The summed E-state index contributed by atoms with van der Waals surface area (Å²) in [4.78, 5) is 31.7. The number of nitrogens with zero attached hydrogens (tertiary/aromatic N) is 3. The third-order valence-corrected chi connectivity index (χ3v) is 8.52. The average molecular weight is 609 g/mol. The molecule has 2 amide bonds. The third-order valence-electron chi connectivity index (χ3n) is 7.32. The summed E-state index contributed by atoms with van der Waals surface area (Å²) in [5.41, 5.74) is 2.15. The normalized spacial score (nSPS) is 14.7. The van der Waals surface area contributed by atoms with Crippen LogP contribution in [-0.4, -0.2) is 93.6 Å². The number of morpholine rings is 1. The summed E-state index contributed by atoms with van der Waals surface area (Å²) in [5.74, 6) is -0.169. The van der Waals surface area contributed by atoms with Crippen molar-refractivity contribution in [3.8, 4) is 5.75 Å². The Morgan fingerprint density at radius 1 is 0.907 bits per heavy atom. The zero-order chi connectivity index (χ0) is 30.7. The molecule has 4 rings (SSSR count). The minimum Gasteiger partial charge on any atom is -0.497 e. The quantitative estimate of drug-likeness (QED) is 0.300. The van der Waals surface area contributed by atoms with E-state index in [0.717, 1.165) is 34.8 Å². The van der Waals surface area contributed by atoms with Crippen molar-refractivity contribution in [3.05, 3.63) is 102 Å². The van der Waals surface area contributed by atoms with Gasteiger partial charge in [0, 0.05) is 39.3 Å². The lowest BCUT2D eigenvalue weighted by atomic mass is 10.0. The Kier molecular flexibility index (Phi) is 11.7. The van der Waals surface area contributed by atoms with E-state index in [4.69, 9.17) is 9.47 Å². The lowest BCUT2D eigenvalue weighted by Crippen LogP contribution is -2.49. The molecule has 3 aromatic rings. The molecule has 1 saturated heterocycles. The largest absolute Gasteiger partial charge is 0.497 e. The van der Waals surface area contributed by atoms with Crippen LogP contribution in [0.5, 0.6) is 5.75 Å². The van der Waals surface area contributed by atoms with Crippen LogP contribution in [0.15, 0.2) is 84.9 Å². The first-order valence-electron chi connectivity index (χ1n) is 14.3. The average Bonchev–Trinajstić information content (AvgIpc) is 3.02. The predicted octanol–water partition coefficient (Wildman–Crippen LogP) is 2.68. The highest BCUT2D eigenvalue weighted by molar-refractivity contribution is 7.88. The number of hydrogen-bond donors (Lipinski definition) is 1. The van der Waals surface area contributed by atoms with Gasteiger partial charge in [0.05, 0.1) is 33.1 Å². The topological polar surface area (TPSA) is 108 Å². The van der Waals surface area contributed by atoms with Crippen molar-refractivity contribution in [1.82, 2.24) is 19.4 Å². The van der Waals surface area contributed by atoms with E-state index in [2.05, 4.69) is 10.2 Å². The molecule has 1 atom stereocenters. The maximum atomic E-state index is 14.2. The molecule has 1 heterocycles. The number of benzene rings is 3. The first-order valence-corrected chi connectivity index (χ1v) is 16.1. The van der Waals surface area contributed by atoms with Crippen LogP contribution in [0.1, 0.15) is 22.7 Å². The van der Waals surface area contributed by atoms with E-state index in [-0.39, 0.29) is 19.0 Å². The van der Waals surface area contributed by atoms with Crippen LogP contribution in [0.4, 0.5) is 0 Å². The number of carbonyl (C=O) groups is 2. The van der Waals surface area contributed by atoms with E-state index in [1.807, 2.05) is 60.7 Å². The van der Waals surface area contributed by atoms with Gasteiger partial charge in [-0.05, 0) is 28.8 Å². The number of nitrogens with one attached hydrogen (secondary N) is 1. The van der Waals surface area contributed by atoms with Gasteiger partial charge in [-0.3, -0.25) is 14.5 Å². The smallest absolute Gasteiger partial charge is 0.247 e. The molecule has 0 unspecified atom stereocenters. The van der Waals surface area contributed by atoms with Gasteiger partial charge in [0.25, 0.3) is 0 Å². The molecule has 0 aliphatic carbocycles. The maximum Gasteiger partial charge on any atom is 0.247 e. The highest BCUT2D eigenvalue weighted by atomic mass is 32.2. The number of hydrogen-bond acceptors (Lipinski definition) is 7. The molecule has 0 spiro atoms. The molecule has 1 aliphatic rings. The highest BCUT2D eigenvalue weighted by Gasteiger charge is 2.33. The Bertz CT molecular complexity index is 1420. The lowest BCUT2D eigenvalue weighted by molar-refractivity contribution is -0.141. The van der Waals surface area contributed by atoms with Crippen molar-refractivity contribution in [1.29, 1.82) is 0 Å². The maximum absolute atomic E-state index is 14.2. The van der Waals surface area contributed by atoms with Gasteiger partial charge in [-0.2, -0.15) is 4.31 Å². The zero-order valence-electron chi connectivity index (χ0n) is 24.7. The van der Waals surface area contributed by atoms with Gasteiger partial charge in [-0.25, -0.2) is 8.42 Å². The van der Waals surface area contributed by atoms with Crippen molar-refractivity contribution in [2.24, 2.45) is 0 Å². The van der Waals surface area contributed by atoms with Crippen molar-refractivity contribution in [2.45, 2.75) is 19.1 Å². The zero-order valence-corrected chi connectivity index (χ0v) is 25.5. The third kappa shape index (κ3) is 9.62. The Balaban J connectivity index is 1.64. The number of rotatable bonds is 14. The van der Waals surface area contributed by atoms with Gasteiger partial charge in [-0.1, -0.05) is 72.8 Å². The van der Waals surface area contributed by atoms with E-state index in [1.165, 1.54) is 4.90 Å². The Morgan fingerprint density at radius 3 is 2.12 bits per heavy atom. The van der Waals surface area contributed by atoms with Crippen molar-refractivity contribution >= 4 is 21.8 Å². The van der Waals surface area contributed by atoms with Gasteiger partial charge in [-0.15, -0.1) is 0 Å². The van der Waals surface area contributed by atoms with E-state index >= 15 is 0 Å². The molecule has 1 fully saturated rings. The van der Waals surface area contributed by atoms with Crippen LogP contribution in [0.2, 0.25) is 0 Å². The first-order chi connectivity index (χ1) is 20.7. The fourth-order valence-corrected chi connectivity index (χ4v) is 5.67. The van der Waals surface area contributed by atoms with Gasteiger partial charge in [0.2, 0.25) is 21.8 Å². The van der Waals surface area contributed by atoms with E-state index in [1.54, 1.807) is 31.4 Å². The number of amides is 2. The van der Waals surface area contributed by atoms with Gasteiger partial charge in [0.15, 0.2) is 0 Å². The lowest BCUT2D eigenvalue weighted by Gasteiger charge is -2.33. The van der Waals surface area contributed by atoms with E-state index in [9.17, 15) is 18.0 Å². The summed E-state index contributed by atoms with van der Waals surface area (Å²) in [6.07, 6.45) is 1.09. The Labute approximate surface area is 254 Å². The summed E-state index contributed by atoms with van der Waals surface area (Å²) in [5, 5.41) is 3.02. The van der Waals surface area contributed by atoms with Crippen LogP contribution in [0, 0.1) is 0 Å². The summed E-state index contributed by atoms with van der Waals surface area (Å²) in [7, 11) is -2.18. The van der Waals surface area contributed by atoms with Crippen molar-refractivity contribution < 1.29 is 27.5 Å². The SMILES string of the molecule is COc1ccc(CN(C(=O)CN(Cc2ccccc2)S(C)(=O)=O)[C@@H](C(=O)NCCN2CCOCC2)c2ccccc2)cc1. The predicted molar refractivity (Wildman–Crippen MR) is 165 cm³/mol. The molecule has 1 aliphatic heterocycles. The van der Waals surface area contributed by atoms with Crippen LogP contribution in [0.3, 0.4) is 0 Å². The van der Waals surface area contributed by atoms with E-state index in [0.29, 0.717) is 37.6 Å². The molecule has 3 aromatic carbocycles. The molecule has 0 saturated carbocycles. The van der Waals surface area contributed by atoms with Gasteiger partial charge >= 0.3 is 0 Å². The van der Waals surface area contributed by atoms with Gasteiger partial charge < -0.3 is 19.7 Å². The number of methoxy groups -OCH3 is 1. The minimum atomic E-state index is -3.76. The molecule has 1 N–H and O–H groups in total. The molecular formula is C32H40N4O6S. The Morgan fingerprint density at radius 2 is 1.51 bits per heavy atom. The number of sulfonamides is 1. The molecule has 43 heavy (non-hydrogen) atoms. The molecule has 10 nitrogen and oxygen atoms in total. The van der Waals surface area contributed by atoms with Gasteiger partial charge in [0.1, 0.15) is 11.8 Å². The summed E-state index contributed by atoms with van der Waals surface area (Å²) >= 11 is 0. The van der Waals surface area contributed by atoms with Crippen molar-refractivity contribution in [2.75, 3.05) is 59.3 Å². The molecular weight excluding hydrogens is 568 g/mol.